The first-order valence-electron chi connectivity index (χ1n) is 6.36. The average molecular weight is 360 g/mol. The zero-order chi connectivity index (χ0) is 17.9. The number of amides is 1. The van der Waals surface area contributed by atoms with Crippen molar-refractivity contribution in [1.82, 2.24) is 5.43 Å². The smallest absolute Gasteiger partial charge is 0.292 e. The molecule has 6 nitrogen and oxygen atoms in total. The molecule has 0 fully saturated rings. The van der Waals surface area contributed by atoms with Crippen LogP contribution in [0.2, 0.25) is 5.02 Å². The third kappa shape index (κ3) is 3.93. The highest BCUT2D eigenvalue weighted by Crippen LogP contribution is 2.34. The minimum Gasteiger partial charge on any atom is -0.292 e. The van der Waals surface area contributed by atoms with Crippen molar-refractivity contribution < 1.29 is 22.9 Å². The Kier molecular flexibility index (Phi) is 4.93. The highest BCUT2D eigenvalue weighted by molar-refractivity contribution is 6.33. The van der Waals surface area contributed by atoms with Gasteiger partial charge in [0.25, 0.3) is 11.6 Å². The summed E-state index contributed by atoms with van der Waals surface area (Å²) in [7, 11) is 0. The van der Waals surface area contributed by atoms with Crippen LogP contribution in [-0.2, 0) is 6.18 Å². The molecule has 2 N–H and O–H groups in total. The van der Waals surface area contributed by atoms with Crippen LogP contribution in [0.3, 0.4) is 0 Å². The Morgan fingerprint density at radius 3 is 2.42 bits per heavy atom. The van der Waals surface area contributed by atoms with Gasteiger partial charge in [0.05, 0.1) is 21.1 Å². The molecule has 0 saturated heterocycles. The van der Waals surface area contributed by atoms with Crippen LogP contribution in [0.5, 0.6) is 0 Å². The van der Waals surface area contributed by atoms with E-state index in [9.17, 15) is 28.1 Å². The summed E-state index contributed by atoms with van der Waals surface area (Å²) in [6.45, 7) is 0. The normalized spacial score (nSPS) is 11.0. The van der Waals surface area contributed by atoms with Crippen molar-refractivity contribution in [3.63, 3.8) is 0 Å². The number of nitro groups is 1. The van der Waals surface area contributed by atoms with Gasteiger partial charge < -0.3 is 0 Å². The number of hydrogen-bond donors (Lipinski definition) is 2. The molecule has 0 saturated carbocycles. The van der Waals surface area contributed by atoms with Crippen LogP contribution < -0.4 is 10.9 Å². The lowest BCUT2D eigenvalue weighted by Crippen LogP contribution is -2.30. The van der Waals surface area contributed by atoms with E-state index < -0.39 is 28.3 Å². The molecule has 0 aromatic heterocycles. The number of alkyl halides is 3. The molecule has 2 rings (SSSR count). The maximum atomic E-state index is 12.6. The number of nitrogens with one attached hydrogen (secondary N) is 2. The molecule has 24 heavy (non-hydrogen) atoms. The molecule has 0 heterocycles. The van der Waals surface area contributed by atoms with Gasteiger partial charge in [-0.25, -0.2) is 0 Å². The maximum Gasteiger partial charge on any atom is 0.416 e. The van der Waals surface area contributed by atoms with Gasteiger partial charge in [-0.15, -0.1) is 0 Å². The van der Waals surface area contributed by atoms with Gasteiger partial charge in [-0.2, -0.15) is 13.2 Å². The SMILES string of the molecule is O=C(NNc1ccc(C(F)(F)F)cc1[N+](=O)[O-])c1ccccc1Cl. The Balaban J connectivity index is 2.22. The van der Waals surface area contributed by atoms with Crippen molar-refractivity contribution in [3.05, 3.63) is 68.7 Å². The van der Waals surface area contributed by atoms with Crippen LogP contribution in [0.4, 0.5) is 24.5 Å². The molecule has 2 aromatic rings. The van der Waals surface area contributed by atoms with Crippen LogP contribution in [0.1, 0.15) is 15.9 Å². The number of nitrogens with zero attached hydrogens (tertiary/aromatic N) is 1. The third-order valence-corrected chi connectivity index (χ3v) is 3.28. The Hall–Kier alpha value is -2.81. The fourth-order valence-electron chi connectivity index (χ4n) is 1.80. The number of rotatable bonds is 4. The summed E-state index contributed by atoms with van der Waals surface area (Å²) >= 11 is 5.83. The number of carbonyl (C=O) groups is 1. The maximum absolute atomic E-state index is 12.6. The minimum atomic E-state index is -4.72. The number of hydrogen-bond acceptors (Lipinski definition) is 4. The van der Waals surface area contributed by atoms with Crippen molar-refractivity contribution in [2.24, 2.45) is 0 Å². The van der Waals surface area contributed by atoms with Crippen LogP contribution >= 0.6 is 11.6 Å². The Morgan fingerprint density at radius 2 is 1.83 bits per heavy atom. The Bertz CT molecular complexity index is 796. The first-order chi connectivity index (χ1) is 11.2. The second-order valence-electron chi connectivity index (χ2n) is 4.55. The number of carbonyl (C=O) groups excluding carboxylic acids is 1. The first kappa shape index (κ1) is 17.5. The molecular formula is C14H9ClF3N3O3. The van der Waals surface area contributed by atoms with Gasteiger partial charge in [0.1, 0.15) is 5.69 Å². The molecule has 0 atom stereocenters. The number of nitro benzene ring substituents is 1. The monoisotopic (exact) mass is 359 g/mol. The molecule has 0 aliphatic carbocycles. The predicted octanol–water partition coefficient (Wildman–Crippen LogP) is 4.02. The summed E-state index contributed by atoms with van der Waals surface area (Å²) in [5.41, 5.74) is 2.18. The molecule has 0 unspecified atom stereocenters. The Labute approximate surface area is 138 Å². The highest BCUT2D eigenvalue weighted by atomic mass is 35.5. The van der Waals surface area contributed by atoms with Gasteiger partial charge in [0.15, 0.2) is 0 Å². The van der Waals surface area contributed by atoms with Crippen molar-refractivity contribution in [3.8, 4) is 0 Å². The van der Waals surface area contributed by atoms with E-state index in [4.69, 9.17) is 11.6 Å². The van der Waals surface area contributed by atoms with E-state index in [-0.39, 0.29) is 16.3 Å². The Morgan fingerprint density at radius 1 is 1.17 bits per heavy atom. The molecule has 10 heteroatoms. The van der Waals surface area contributed by atoms with Crippen molar-refractivity contribution in [2.75, 3.05) is 5.43 Å². The fraction of sp³-hybridized carbons (Fsp3) is 0.0714. The van der Waals surface area contributed by atoms with Gasteiger partial charge in [-0.05, 0) is 24.3 Å². The second kappa shape index (κ2) is 6.75. The summed E-state index contributed by atoms with van der Waals surface area (Å²) in [4.78, 5) is 21.9. The molecule has 0 radical (unpaired) electrons. The lowest BCUT2D eigenvalue weighted by Gasteiger charge is -2.12. The van der Waals surface area contributed by atoms with Gasteiger partial charge in [-0.3, -0.25) is 25.8 Å². The van der Waals surface area contributed by atoms with E-state index in [1.165, 1.54) is 12.1 Å². The quantitative estimate of drug-likeness (QED) is 0.637. The zero-order valence-electron chi connectivity index (χ0n) is 11.7. The van der Waals surface area contributed by atoms with E-state index in [1.807, 2.05) is 0 Å². The van der Waals surface area contributed by atoms with E-state index in [2.05, 4.69) is 10.9 Å². The number of hydrazine groups is 1. The zero-order valence-corrected chi connectivity index (χ0v) is 12.5. The van der Waals surface area contributed by atoms with Gasteiger partial charge in [0, 0.05) is 6.07 Å². The largest absolute Gasteiger partial charge is 0.416 e. The van der Waals surface area contributed by atoms with Gasteiger partial charge in [0.2, 0.25) is 0 Å². The van der Waals surface area contributed by atoms with Crippen LogP contribution in [0, 0.1) is 10.1 Å². The van der Waals surface area contributed by atoms with Crippen LogP contribution in [-0.4, -0.2) is 10.8 Å². The average Bonchev–Trinajstić information content (AvgIpc) is 2.51. The first-order valence-corrected chi connectivity index (χ1v) is 6.74. The molecule has 126 valence electrons. The molecule has 0 aliphatic rings. The van der Waals surface area contributed by atoms with Crippen molar-refractivity contribution in [2.45, 2.75) is 6.18 Å². The molecule has 2 aromatic carbocycles. The lowest BCUT2D eigenvalue weighted by molar-refractivity contribution is -0.384. The van der Waals surface area contributed by atoms with Gasteiger partial charge in [-0.1, -0.05) is 23.7 Å². The summed E-state index contributed by atoms with van der Waals surface area (Å²) in [6, 6.07) is 7.95. The van der Waals surface area contributed by atoms with Crippen molar-refractivity contribution in [1.29, 1.82) is 0 Å². The van der Waals surface area contributed by atoms with E-state index in [0.717, 1.165) is 6.07 Å². The lowest BCUT2D eigenvalue weighted by atomic mass is 10.1. The molecular weight excluding hydrogens is 351 g/mol. The predicted molar refractivity (Wildman–Crippen MR) is 80.6 cm³/mol. The standard InChI is InChI=1S/C14H9ClF3N3O3/c15-10-4-2-1-3-9(10)13(22)20-19-11-6-5-8(14(16,17)18)7-12(11)21(23)24/h1-7,19H,(H,20,22). The number of benzene rings is 2. The van der Waals surface area contributed by atoms with Crippen LogP contribution in [0.15, 0.2) is 42.5 Å². The van der Waals surface area contributed by atoms with E-state index in [0.29, 0.717) is 12.1 Å². The second-order valence-corrected chi connectivity index (χ2v) is 4.95. The molecule has 0 aliphatic heterocycles. The van der Waals surface area contributed by atoms with Crippen LogP contribution in [0.25, 0.3) is 0 Å². The molecule has 1 amide bonds. The van der Waals surface area contributed by atoms with E-state index >= 15 is 0 Å². The molecule has 0 bridgehead atoms. The molecule has 0 spiro atoms. The summed E-state index contributed by atoms with van der Waals surface area (Å²) < 4.78 is 37.8. The van der Waals surface area contributed by atoms with E-state index in [1.54, 1.807) is 12.1 Å². The number of anilines is 1. The number of halogens is 4. The highest BCUT2D eigenvalue weighted by Gasteiger charge is 2.33. The summed E-state index contributed by atoms with van der Waals surface area (Å²) in [5, 5.41) is 11.1. The third-order valence-electron chi connectivity index (χ3n) is 2.95. The van der Waals surface area contributed by atoms with Crippen molar-refractivity contribution >= 4 is 28.9 Å². The minimum absolute atomic E-state index is 0.0984. The topological polar surface area (TPSA) is 84.3 Å². The van der Waals surface area contributed by atoms with Gasteiger partial charge >= 0.3 is 6.18 Å². The fourth-order valence-corrected chi connectivity index (χ4v) is 2.02. The summed E-state index contributed by atoms with van der Waals surface area (Å²) in [6.07, 6.45) is -4.72. The summed E-state index contributed by atoms with van der Waals surface area (Å²) in [5.74, 6) is -0.699.